The highest BCUT2D eigenvalue weighted by molar-refractivity contribution is 9.10. The van der Waals surface area contributed by atoms with Crippen molar-refractivity contribution in [2.45, 2.75) is 13.2 Å². The molecule has 0 N–H and O–H groups in total. The van der Waals surface area contributed by atoms with Gasteiger partial charge in [0.25, 0.3) is 11.1 Å². The molecular weight excluding hydrogens is 511 g/mol. The van der Waals surface area contributed by atoms with E-state index in [1.54, 1.807) is 42.6 Å². The van der Waals surface area contributed by atoms with E-state index in [1.165, 1.54) is 13.2 Å². The fraction of sp³-hybridized carbons (Fsp3) is 0.125. The third-order valence-corrected chi connectivity index (χ3v) is 6.30. The zero-order chi connectivity index (χ0) is 23.4. The third kappa shape index (κ3) is 5.26. The maximum atomic E-state index is 14.0. The van der Waals surface area contributed by atoms with E-state index in [2.05, 4.69) is 20.9 Å². The van der Waals surface area contributed by atoms with Crippen molar-refractivity contribution >= 4 is 44.9 Å². The molecule has 0 spiro atoms. The van der Waals surface area contributed by atoms with E-state index < -0.39 is 17.0 Å². The summed E-state index contributed by atoms with van der Waals surface area (Å²) in [5.41, 5.74) is 1.68. The topological polar surface area (TPSA) is 68.7 Å². The summed E-state index contributed by atoms with van der Waals surface area (Å²) >= 11 is 4.30. The van der Waals surface area contributed by atoms with Crippen LogP contribution in [0.4, 0.5) is 9.18 Å². The van der Waals surface area contributed by atoms with Crippen LogP contribution < -0.4 is 9.47 Å². The van der Waals surface area contributed by atoms with Crippen molar-refractivity contribution in [2.24, 2.45) is 0 Å². The van der Waals surface area contributed by atoms with Crippen molar-refractivity contribution in [3.63, 3.8) is 0 Å². The van der Waals surface area contributed by atoms with Gasteiger partial charge < -0.3 is 9.47 Å². The average Bonchev–Trinajstić information content (AvgIpc) is 3.07. The van der Waals surface area contributed by atoms with Crippen molar-refractivity contribution in [2.75, 3.05) is 7.11 Å². The van der Waals surface area contributed by atoms with Gasteiger partial charge in [0.2, 0.25) is 0 Å². The Morgan fingerprint density at radius 2 is 1.94 bits per heavy atom. The van der Waals surface area contributed by atoms with Crippen molar-refractivity contribution in [1.82, 2.24) is 9.88 Å². The van der Waals surface area contributed by atoms with Gasteiger partial charge in [-0.15, -0.1) is 0 Å². The molecule has 2 amide bonds. The number of hydrogen-bond acceptors (Lipinski definition) is 6. The van der Waals surface area contributed by atoms with Gasteiger partial charge in [-0.25, -0.2) is 4.39 Å². The van der Waals surface area contributed by atoms with E-state index in [-0.39, 0.29) is 23.6 Å². The summed E-state index contributed by atoms with van der Waals surface area (Å²) in [7, 11) is 1.52. The van der Waals surface area contributed by atoms with Crippen LogP contribution in [-0.2, 0) is 17.9 Å². The lowest BCUT2D eigenvalue weighted by atomic mass is 10.1. The predicted molar refractivity (Wildman–Crippen MR) is 127 cm³/mol. The summed E-state index contributed by atoms with van der Waals surface area (Å²) in [6, 6.07) is 15.1. The molecule has 1 saturated heterocycles. The van der Waals surface area contributed by atoms with Gasteiger partial charge in [-0.1, -0.05) is 24.3 Å². The summed E-state index contributed by atoms with van der Waals surface area (Å²) in [6.45, 7) is 0.131. The predicted octanol–water partition coefficient (Wildman–Crippen LogP) is 5.81. The molecule has 1 aromatic heterocycles. The van der Waals surface area contributed by atoms with Gasteiger partial charge in [-0.3, -0.25) is 19.5 Å². The van der Waals surface area contributed by atoms with E-state index in [4.69, 9.17) is 9.47 Å². The fourth-order valence-electron chi connectivity index (χ4n) is 3.18. The number of halogens is 2. The number of nitrogens with zero attached hydrogens (tertiary/aromatic N) is 2. The maximum absolute atomic E-state index is 14.0. The molecule has 0 aliphatic carbocycles. The van der Waals surface area contributed by atoms with Gasteiger partial charge >= 0.3 is 0 Å². The number of pyridine rings is 1. The SMILES string of the molecule is COc1cc(/C=C2/SC(=O)N(Cc3ccccc3F)C2=O)cc(Br)c1OCc1ccccn1. The largest absolute Gasteiger partial charge is 0.493 e. The first kappa shape index (κ1) is 23.0. The number of benzene rings is 2. The molecule has 0 saturated carbocycles. The Morgan fingerprint density at radius 1 is 1.15 bits per heavy atom. The van der Waals surface area contributed by atoms with Crippen molar-refractivity contribution in [3.05, 3.63) is 92.8 Å². The highest BCUT2D eigenvalue weighted by atomic mass is 79.9. The molecular formula is C24H18BrFN2O4S. The van der Waals surface area contributed by atoms with Crippen LogP contribution in [0, 0.1) is 5.82 Å². The molecule has 0 radical (unpaired) electrons. The minimum absolute atomic E-state index is 0.123. The molecule has 1 fully saturated rings. The zero-order valence-electron chi connectivity index (χ0n) is 17.5. The molecule has 6 nitrogen and oxygen atoms in total. The van der Waals surface area contributed by atoms with Crippen LogP contribution in [-0.4, -0.2) is 28.1 Å². The number of carbonyl (C=O) groups is 2. The number of aromatic nitrogens is 1. The second kappa shape index (κ2) is 10.2. The second-order valence-corrected chi connectivity index (χ2v) is 8.85. The van der Waals surface area contributed by atoms with Crippen molar-refractivity contribution in [1.29, 1.82) is 0 Å². The maximum Gasteiger partial charge on any atom is 0.293 e. The van der Waals surface area contributed by atoms with Crippen LogP contribution in [0.1, 0.15) is 16.8 Å². The Bertz CT molecular complexity index is 1240. The molecule has 1 aliphatic heterocycles. The lowest BCUT2D eigenvalue weighted by Crippen LogP contribution is -2.27. The Labute approximate surface area is 202 Å². The minimum atomic E-state index is -0.473. The first-order valence-corrected chi connectivity index (χ1v) is 11.5. The standard InChI is InChI=1S/C24H18BrFN2O4S/c1-31-20-11-15(10-18(25)22(20)32-14-17-7-4-5-9-27-17)12-21-23(29)28(24(30)33-21)13-16-6-2-3-8-19(16)26/h2-12H,13-14H2,1H3/b21-12+. The van der Waals surface area contributed by atoms with E-state index in [0.717, 1.165) is 22.4 Å². The van der Waals surface area contributed by atoms with E-state index >= 15 is 0 Å². The molecule has 33 heavy (non-hydrogen) atoms. The third-order valence-electron chi connectivity index (χ3n) is 4.80. The van der Waals surface area contributed by atoms with E-state index in [9.17, 15) is 14.0 Å². The molecule has 9 heteroatoms. The summed E-state index contributed by atoms with van der Waals surface area (Å²) in [6.07, 6.45) is 3.29. The second-order valence-electron chi connectivity index (χ2n) is 7.00. The van der Waals surface area contributed by atoms with Gasteiger partial charge in [0, 0.05) is 11.8 Å². The highest BCUT2D eigenvalue weighted by Gasteiger charge is 2.35. The molecule has 3 aromatic rings. The Balaban J connectivity index is 1.54. The molecule has 2 aromatic carbocycles. The number of rotatable bonds is 7. The quantitative estimate of drug-likeness (QED) is 0.360. The van der Waals surface area contributed by atoms with Gasteiger partial charge in [0.15, 0.2) is 11.5 Å². The number of carbonyl (C=O) groups excluding carboxylic acids is 2. The molecule has 1 aliphatic rings. The van der Waals surface area contributed by atoms with Crippen LogP contribution in [0.5, 0.6) is 11.5 Å². The van der Waals surface area contributed by atoms with Gasteiger partial charge in [0.05, 0.1) is 28.7 Å². The number of ether oxygens (including phenoxy) is 2. The first-order valence-electron chi connectivity index (χ1n) is 9.85. The summed E-state index contributed by atoms with van der Waals surface area (Å²) < 4.78 is 25.9. The first-order chi connectivity index (χ1) is 16.0. The van der Waals surface area contributed by atoms with Crippen LogP contribution in [0.25, 0.3) is 6.08 Å². The molecule has 0 unspecified atom stereocenters. The zero-order valence-corrected chi connectivity index (χ0v) is 19.9. The molecule has 0 bridgehead atoms. The molecule has 2 heterocycles. The average molecular weight is 529 g/mol. The van der Waals surface area contributed by atoms with Crippen molar-refractivity contribution < 1.29 is 23.5 Å². The molecule has 0 atom stereocenters. The highest BCUT2D eigenvalue weighted by Crippen LogP contribution is 2.39. The summed E-state index contributed by atoms with van der Waals surface area (Å²) in [5, 5.41) is -0.448. The normalized spacial score (nSPS) is 14.8. The molecule has 168 valence electrons. The van der Waals surface area contributed by atoms with Crippen molar-refractivity contribution in [3.8, 4) is 11.5 Å². The van der Waals surface area contributed by atoms with Gasteiger partial charge in [-0.05, 0) is 69.7 Å². The van der Waals surface area contributed by atoms with E-state index in [0.29, 0.717) is 21.5 Å². The Hall–Kier alpha value is -3.17. The number of hydrogen-bond donors (Lipinski definition) is 0. The summed E-state index contributed by atoms with van der Waals surface area (Å²) in [5.74, 6) is 0.0133. The number of imide groups is 1. The Kier molecular flexibility index (Phi) is 7.10. The Morgan fingerprint density at radius 3 is 2.67 bits per heavy atom. The van der Waals surface area contributed by atoms with Gasteiger partial charge in [0.1, 0.15) is 12.4 Å². The van der Waals surface area contributed by atoms with Crippen LogP contribution in [0.2, 0.25) is 0 Å². The summed E-state index contributed by atoms with van der Waals surface area (Å²) in [4.78, 5) is 30.7. The van der Waals surface area contributed by atoms with Crippen LogP contribution in [0.3, 0.4) is 0 Å². The lowest BCUT2D eigenvalue weighted by Gasteiger charge is -2.14. The fourth-order valence-corrected chi connectivity index (χ4v) is 4.59. The smallest absolute Gasteiger partial charge is 0.293 e. The monoisotopic (exact) mass is 528 g/mol. The minimum Gasteiger partial charge on any atom is -0.493 e. The lowest BCUT2D eigenvalue weighted by molar-refractivity contribution is -0.123. The molecule has 4 rings (SSSR count). The van der Waals surface area contributed by atoms with E-state index in [1.807, 2.05) is 18.2 Å². The van der Waals surface area contributed by atoms with Gasteiger partial charge in [-0.2, -0.15) is 0 Å². The van der Waals surface area contributed by atoms with Crippen LogP contribution in [0.15, 0.2) is 70.2 Å². The number of methoxy groups -OCH3 is 1. The number of thioether (sulfide) groups is 1. The number of amides is 2. The van der Waals surface area contributed by atoms with Crippen LogP contribution >= 0.6 is 27.7 Å².